The molecule has 0 amide bonds. The summed E-state index contributed by atoms with van der Waals surface area (Å²) in [5.41, 5.74) is 0. The van der Waals surface area contributed by atoms with E-state index in [-0.39, 0.29) is 36.2 Å². The van der Waals surface area contributed by atoms with E-state index in [0.29, 0.717) is 19.3 Å². The third kappa shape index (κ3) is 35.3. The Labute approximate surface area is 332 Å². The molecule has 0 fully saturated rings. The lowest BCUT2D eigenvalue weighted by Crippen LogP contribution is -2.50. The number of esters is 2. The second-order valence-electron chi connectivity index (χ2n) is 16.0. The Morgan fingerprint density at radius 3 is 1.52 bits per heavy atom. The van der Waals surface area contributed by atoms with E-state index in [9.17, 15) is 19.5 Å². The van der Waals surface area contributed by atoms with Crippen molar-refractivity contribution in [2.45, 2.75) is 199 Å². The quantitative estimate of drug-likeness (QED) is 0.0219. The molecule has 0 aliphatic carbocycles. The lowest BCUT2D eigenvalue weighted by atomic mass is 10.1. The van der Waals surface area contributed by atoms with E-state index in [1.54, 1.807) is 0 Å². The first kappa shape index (κ1) is 51.5. The number of hydrogen-bond donors (Lipinski definition) is 1. The van der Waals surface area contributed by atoms with Crippen molar-refractivity contribution in [2.75, 3.05) is 41.0 Å². The summed E-state index contributed by atoms with van der Waals surface area (Å²) in [6.07, 6.45) is 41.9. The Balaban J connectivity index is 4.30. The number of ether oxygens (including phenoxy) is 3. The van der Waals surface area contributed by atoms with Crippen LogP contribution in [0.2, 0.25) is 0 Å². The minimum Gasteiger partial charge on any atom is -0.477 e. The minimum atomic E-state index is -0.880. The van der Waals surface area contributed by atoms with Crippen molar-refractivity contribution in [3.05, 3.63) is 36.5 Å². The molecule has 2 atom stereocenters. The molecule has 0 aromatic heterocycles. The van der Waals surface area contributed by atoms with Crippen molar-refractivity contribution in [3.63, 3.8) is 0 Å². The van der Waals surface area contributed by atoms with E-state index in [1.807, 2.05) is 21.1 Å². The van der Waals surface area contributed by atoms with Gasteiger partial charge >= 0.3 is 17.9 Å². The van der Waals surface area contributed by atoms with Gasteiger partial charge in [-0.1, -0.05) is 147 Å². The van der Waals surface area contributed by atoms with Crippen molar-refractivity contribution in [1.82, 2.24) is 0 Å². The molecule has 2 unspecified atom stereocenters. The van der Waals surface area contributed by atoms with Crippen molar-refractivity contribution >= 4 is 17.9 Å². The molecular formula is C46H84NO7+. The first-order valence-corrected chi connectivity index (χ1v) is 22.0. The average molecular weight is 763 g/mol. The zero-order chi connectivity index (χ0) is 40.0. The summed E-state index contributed by atoms with van der Waals surface area (Å²) in [6.45, 7) is 4.65. The van der Waals surface area contributed by atoms with E-state index in [0.717, 1.165) is 51.4 Å². The second kappa shape index (κ2) is 37.5. The SMILES string of the molecule is CCCC/C=C/C=C/CCCCCC(=O)OC(COCCC(C(=O)O)[N+](C)(C)C)COC(=O)CCCCCCCCC/C=C/CCCCCCCCCC. The number of quaternary nitrogens is 1. The van der Waals surface area contributed by atoms with Gasteiger partial charge in [-0.2, -0.15) is 0 Å². The molecule has 0 radical (unpaired) electrons. The van der Waals surface area contributed by atoms with Gasteiger partial charge in [0.2, 0.25) is 0 Å². The van der Waals surface area contributed by atoms with Crippen LogP contribution in [0.5, 0.6) is 0 Å². The third-order valence-corrected chi connectivity index (χ3v) is 9.79. The predicted octanol–water partition coefficient (Wildman–Crippen LogP) is 11.9. The number of allylic oxidation sites excluding steroid dienone is 6. The molecule has 8 nitrogen and oxygen atoms in total. The summed E-state index contributed by atoms with van der Waals surface area (Å²) < 4.78 is 17.2. The summed E-state index contributed by atoms with van der Waals surface area (Å²) in [6, 6.07) is -0.618. The van der Waals surface area contributed by atoms with Gasteiger partial charge in [-0.3, -0.25) is 9.59 Å². The summed E-state index contributed by atoms with van der Waals surface area (Å²) in [5.74, 6) is -1.51. The fourth-order valence-electron chi connectivity index (χ4n) is 6.30. The van der Waals surface area contributed by atoms with Crippen LogP contribution in [-0.4, -0.2) is 80.6 Å². The molecular weight excluding hydrogens is 679 g/mol. The predicted molar refractivity (Wildman–Crippen MR) is 225 cm³/mol. The van der Waals surface area contributed by atoms with Crippen LogP contribution in [0.4, 0.5) is 0 Å². The highest BCUT2D eigenvalue weighted by molar-refractivity contribution is 5.72. The number of likely N-dealkylation sites (N-methyl/N-ethyl adjacent to an activating group) is 1. The van der Waals surface area contributed by atoms with Gasteiger partial charge in [0.05, 0.1) is 34.4 Å². The van der Waals surface area contributed by atoms with Gasteiger partial charge in [0.15, 0.2) is 12.1 Å². The van der Waals surface area contributed by atoms with Crippen LogP contribution in [0.1, 0.15) is 187 Å². The number of hydrogen-bond acceptors (Lipinski definition) is 6. The molecule has 0 aliphatic heterocycles. The van der Waals surface area contributed by atoms with Gasteiger partial charge < -0.3 is 23.8 Å². The molecule has 0 aromatic carbocycles. The van der Waals surface area contributed by atoms with Crippen LogP contribution >= 0.6 is 0 Å². The Morgan fingerprint density at radius 2 is 1.00 bits per heavy atom. The van der Waals surface area contributed by atoms with Crippen LogP contribution in [-0.2, 0) is 28.6 Å². The van der Waals surface area contributed by atoms with Crippen LogP contribution in [0.3, 0.4) is 0 Å². The number of nitrogens with zero attached hydrogens (tertiary/aromatic N) is 1. The highest BCUT2D eigenvalue weighted by Crippen LogP contribution is 2.14. The highest BCUT2D eigenvalue weighted by atomic mass is 16.6. The number of rotatable bonds is 39. The lowest BCUT2D eigenvalue weighted by molar-refractivity contribution is -0.887. The number of aliphatic carboxylic acids is 1. The maximum absolute atomic E-state index is 12.7. The summed E-state index contributed by atoms with van der Waals surface area (Å²) in [5, 5.41) is 9.60. The summed E-state index contributed by atoms with van der Waals surface area (Å²) in [4.78, 5) is 36.9. The molecule has 8 heteroatoms. The molecule has 0 heterocycles. The lowest BCUT2D eigenvalue weighted by Gasteiger charge is -2.31. The van der Waals surface area contributed by atoms with Crippen molar-refractivity contribution in [3.8, 4) is 0 Å². The fraction of sp³-hybridized carbons (Fsp3) is 0.804. The fourth-order valence-corrected chi connectivity index (χ4v) is 6.30. The maximum atomic E-state index is 12.7. The van der Waals surface area contributed by atoms with Gasteiger partial charge in [-0.25, -0.2) is 4.79 Å². The van der Waals surface area contributed by atoms with Crippen LogP contribution in [0.25, 0.3) is 0 Å². The largest absolute Gasteiger partial charge is 0.477 e. The smallest absolute Gasteiger partial charge is 0.362 e. The van der Waals surface area contributed by atoms with Gasteiger partial charge in [0.1, 0.15) is 6.61 Å². The van der Waals surface area contributed by atoms with Crippen LogP contribution in [0, 0.1) is 0 Å². The standard InChI is InChI=1S/C46H83NO7/c1-6-8-10-12-14-16-18-19-20-21-22-23-24-25-27-28-30-32-34-36-44(48)53-41-42(40-52-39-38-43(46(50)51)47(3,4)5)54-45(49)37-35-33-31-29-26-17-15-13-11-9-7-2/h13,15,17,21-22,26,42-43H,6-12,14,16,18-20,23-25,27-41H2,1-5H3/p+1/b15-13+,22-21+,26-17+. The Morgan fingerprint density at radius 1 is 0.556 bits per heavy atom. The normalized spacial score (nSPS) is 13.3. The Kier molecular flexibility index (Phi) is 35.8. The molecule has 0 bridgehead atoms. The van der Waals surface area contributed by atoms with E-state index in [4.69, 9.17) is 14.2 Å². The van der Waals surface area contributed by atoms with E-state index in [2.05, 4.69) is 50.3 Å². The topological polar surface area (TPSA) is 99.1 Å². The number of unbranched alkanes of at least 4 members (excludes halogenated alkanes) is 20. The van der Waals surface area contributed by atoms with Gasteiger partial charge in [0.25, 0.3) is 0 Å². The number of carboxylic acid groups (broad SMARTS) is 1. The van der Waals surface area contributed by atoms with Crippen molar-refractivity contribution in [1.29, 1.82) is 0 Å². The van der Waals surface area contributed by atoms with E-state index in [1.165, 1.54) is 103 Å². The third-order valence-electron chi connectivity index (χ3n) is 9.79. The maximum Gasteiger partial charge on any atom is 0.362 e. The van der Waals surface area contributed by atoms with Crippen LogP contribution in [0.15, 0.2) is 36.5 Å². The molecule has 0 aromatic rings. The molecule has 54 heavy (non-hydrogen) atoms. The molecule has 314 valence electrons. The minimum absolute atomic E-state index is 0.0497. The van der Waals surface area contributed by atoms with Crippen LogP contribution < -0.4 is 0 Å². The molecule has 0 aliphatic rings. The number of carbonyl (C=O) groups is 3. The molecule has 0 saturated heterocycles. The monoisotopic (exact) mass is 763 g/mol. The van der Waals surface area contributed by atoms with E-state index < -0.39 is 18.1 Å². The molecule has 0 rings (SSSR count). The second-order valence-corrected chi connectivity index (χ2v) is 16.0. The van der Waals surface area contributed by atoms with E-state index >= 15 is 0 Å². The first-order valence-electron chi connectivity index (χ1n) is 22.0. The Hall–Kier alpha value is -2.45. The van der Waals surface area contributed by atoms with Gasteiger partial charge in [-0.15, -0.1) is 0 Å². The average Bonchev–Trinajstić information content (AvgIpc) is 3.12. The number of carboxylic acids is 1. The summed E-state index contributed by atoms with van der Waals surface area (Å²) >= 11 is 0. The molecule has 0 saturated carbocycles. The molecule has 0 spiro atoms. The highest BCUT2D eigenvalue weighted by Gasteiger charge is 2.31. The molecule has 1 N–H and O–H groups in total. The van der Waals surface area contributed by atoms with Crippen molar-refractivity contribution in [2.24, 2.45) is 0 Å². The first-order chi connectivity index (χ1) is 26.1. The Bertz CT molecular complexity index is 984. The number of carbonyl (C=O) groups excluding carboxylic acids is 2. The zero-order valence-electron chi connectivity index (χ0n) is 35.7. The summed E-state index contributed by atoms with van der Waals surface area (Å²) in [7, 11) is 5.51. The zero-order valence-corrected chi connectivity index (χ0v) is 35.7. The van der Waals surface area contributed by atoms with Gasteiger partial charge in [0, 0.05) is 19.3 Å². The van der Waals surface area contributed by atoms with Gasteiger partial charge in [-0.05, 0) is 57.8 Å². The van der Waals surface area contributed by atoms with Crippen molar-refractivity contribution < 1.29 is 38.2 Å².